The number of thiazole rings is 1. The van der Waals surface area contributed by atoms with Crippen molar-refractivity contribution in [3.8, 4) is 6.07 Å². The van der Waals surface area contributed by atoms with Crippen molar-refractivity contribution in [3.63, 3.8) is 0 Å². The fourth-order valence-electron chi connectivity index (χ4n) is 2.32. The Morgan fingerprint density at radius 1 is 1.75 bits per heavy atom. The Balaban J connectivity index is 2.15. The van der Waals surface area contributed by atoms with E-state index >= 15 is 0 Å². The third-order valence-corrected chi connectivity index (χ3v) is 4.64. The van der Waals surface area contributed by atoms with Gasteiger partial charge in [0.05, 0.1) is 17.6 Å². The molecule has 2 aromatic heterocycles. The van der Waals surface area contributed by atoms with Crippen LogP contribution in [0, 0.1) is 16.7 Å². The molecule has 102 valence electrons. The lowest BCUT2D eigenvalue weighted by Gasteiger charge is -2.03. The van der Waals surface area contributed by atoms with Crippen LogP contribution in [0.3, 0.4) is 0 Å². The smallest absolute Gasteiger partial charge is 0.324 e. The third-order valence-electron chi connectivity index (χ3n) is 3.52. The maximum atomic E-state index is 12.1. The molecular weight excluding hydrogens is 302 g/mol. The van der Waals surface area contributed by atoms with Gasteiger partial charge in [-0.3, -0.25) is 14.0 Å². The van der Waals surface area contributed by atoms with Crippen LogP contribution in [-0.4, -0.2) is 20.5 Å². The Kier molecular flexibility index (Phi) is 2.81. The molecule has 1 aliphatic carbocycles. The van der Waals surface area contributed by atoms with Gasteiger partial charge in [-0.1, -0.05) is 0 Å². The highest BCUT2D eigenvalue weighted by Crippen LogP contribution is 2.59. The summed E-state index contributed by atoms with van der Waals surface area (Å²) < 4.78 is 1.37. The van der Waals surface area contributed by atoms with Gasteiger partial charge in [0.25, 0.3) is 5.56 Å². The lowest BCUT2D eigenvalue weighted by atomic mass is 10.1. The molecule has 0 saturated heterocycles. The third kappa shape index (κ3) is 1.65. The molecule has 1 aliphatic rings. The first-order valence-electron chi connectivity index (χ1n) is 5.74. The van der Waals surface area contributed by atoms with Gasteiger partial charge in [-0.05, 0) is 6.42 Å². The first kappa shape index (κ1) is 13.1. The fraction of sp³-hybridized carbons (Fsp3) is 0.333. The predicted molar refractivity (Wildman–Crippen MR) is 71.9 cm³/mol. The van der Waals surface area contributed by atoms with E-state index in [0.717, 1.165) is 0 Å². The van der Waals surface area contributed by atoms with E-state index in [1.54, 1.807) is 5.38 Å². The van der Waals surface area contributed by atoms with Crippen molar-refractivity contribution in [1.29, 1.82) is 5.26 Å². The number of nitrogens with zero attached hydrogens (tertiary/aromatic N) is 3. The van der Waals surface area contributed by atoms with E-state index in [0.29, 0.717) is 16.3 Å². The average molecular weight is 310 g/mol. The summed E-state index contributed by atoms with van der Waals surface area (Å²) in [6.07, 6.45) is 0.217. The maximum Gasteiger partial charge on any atom is 0.324 e. The summed E-state index contributed by atoms with van der Waals surface area (Å²) in [6.45, 7) is 0. The summed E-state index contributed by atoms with van der Waals surface area (Å²) in [5, 5.41) is 19.9. The Bertz CT molecular complexity index is 821. The Morgan fingerprint density at radius 3 is 3.05 bits per heavy atom. The lowest BCUT2D eigenvalue weighted by molar-refractivity contribution is -0.141. The molecule has 2 unspecified atom stereocenters. The van der Waals surface area contributed by atoms with Gasteiger partial charge in [0.1, 0.15) is 0 Å². The highest BCUT2D eigenvalue weighted by atomic mass is 35.5. The van der Waals surface area contributed by atoms with E-state index in [-0.39, 0.29) is 17.9 Å². The molecule has 2 heterocycles. The molecule has 1 saturated carbocycles. The number of alkyl halides is 1. The number of fused-ring (bicyclic) bond motifs is 1. The van der Waals surface area contributed by atoms with E-state index in [2.05, 4.69) is 4.98 Å². The summed E-state index contributed by atoms with van der Waals surface area (Å²) in [7, 11) is 0. The van der Waals surface area contributed by atoms with Crippen molar-refractivity contribution in [2.75, 3.05) is 0 Å². The molecule has 0 amide bonds. The second kappa shape index (κ2) is 4.30. The molecule has 3 rings (SSSR count). The van der Waals surface area contributed by atoms with Crippen molar-refractivity contribution >= 4 is 33.9 Å². The van der Waals surface area contributed by atoms with Gasteiger partial charge in [0.15, 0.2) is 10.4 Å². The fourth-order valence-corrected chi connectivity index (χ4v) is 3.43. The number of rotatable bonds is 3. The van der Waals surface area contributed by atoms with Crippen LogP contribution >= 0.6 is 22.9 Å². The number of aliphatic carboxylic acids is 1. The Labute approximate surface area is 121 Å². The van der Waals surface area contributed by atoms with Crippen LogP contribution in [0.15, 0.2) is 16.2 Å². The molecule has 0 bridgehead atoms. The lowest BCUT2D eigenvalue weighted by Crippen LogP contribution is -2.19. The van der Waals surface area contributed by atoms with Crippen molar-refractivity contribution < 1.29 is 9.90 Å². The van der Waals surface area contributed by atoms with Crippen LogP contribution in [0.2, 0.25) is 0 Å². The topological polar surface area (TPSA) is 95.5 Å². The zero-order chi connectivity index (χ0) is 14.5. The largest absolute Gasteiger partial charge is 0.480 e. The minimum Gasteiger partial charge on any atom is -0.480 e. The van der Waals surface area contributed by atoms with Crippen molar-refractivity contribution in [1.82, 2.24) is 9.38 Å². The maximum absolute atomic E-state index is 12.1. The molecule has 1 fully saturated rings. The molecule has 20 heavy (non-hydrogen) atoms. The zero-order valence-electron chi connectivity index (χ0n) is 10.0. The van der Waals surface area contributed by atoms with E-state index in [9.17, 15) is 9.59 Å². The van der Waals surface area contributed by atoms with Crippen LogP contribution in [0.25, 0.3) is 4.96 Å². The number of hydrogen-bond acceptors (Lipinski definition) is 5. The van der Waals surface area contributed by atoms with Crippen LogP contribution in [0.5, 0.6) is 0 Å². The summed E-state index contributed by atoms with van der Waals surface area (Å²) in [4.78, 5) is 28.0. The summed E-state index contributed by atoms with van der Waals surface area (Å²) in [5.74, 6) is -1.48. The number of carboxylic acids is 1. The van der Waals surface area contributed by atoms with Crippen LogP contribution in [0.4, 0.5) is 0 Å². The number of carbonyl (C=O) groups is 1. The van der Waals surface area contributed by atoms with Crippen molar-refractivity contribution in [2.45, 2.75) is 18.2 Å². The first-order chi connectivity index (χ1) is 9.53. The van der Waals surface area contributed by atoms with Crippen molar-refractivity contribution in [3.05, 3.63) is 33.2 Å². The molecule has 0 aromatic carbocycles. The molecule has 6 nitrogen and oxygen atoms in total. The van der Waals surface area contributed by atoms with Gasteiger partial charge in [0.2, 0.25) is 0 Å². The van der Waals surface area contributed by atoms with E-state index in [1.165, 1.54) is 21.8 Å². The van der Waals surface area contributed by atoms with Crippen LogP contribution in [-0.2, 0) is 10.7 Å². The number of nitriles is 1. The van der Waals surface area contributed by atoms with Gasteiger partial charge >= 0.3 is 5.97 Å². The molecular formula is C12H8ClN3O3S. The number of hydrogen-bond donors (Lipinski definition) is 1. The molecule has 2 aromatic rings. The average Bonchev–Trinajstić information content (AvgIpc) is 3.03. The Morgan fingerprint density at radius 2 is 2.50 bits per heavy atom. The highest BCUT2D eigenvalue weighted by molar-refractivity contribution is 7.15. The zero-order valence-corrected chi connectivity index (χ0v) is 11.6. The quantitative estimate of drug-likeness (QED) is 0.868. The minimum absolute atomic E-state index is 0.139. The van der Waals surface area contributed by atoms with E-state index in [1.807, 2.05) is 6.07 Å². The number of halogens is 1. The standard InChI is InChI=1S/C12H8ClN3O3S/c13-3-6-1-9(17)16-8(4-20-11(16)15-6)7-2-12(7,5-14)10(18)19/h1,4,7H,2-3H2,(H,18,19). The van der Waals surface area contributed by atoms with Gasteiger partial charge in [-0.25, -0.2) is 4.98 Å². The first-order valence-corrected chi connectivity index (χ1v) is 7.15. The Hall–Kier alpha value is -1.91. The van der Waals surface area contributed by atoms with E-state index < -0.39 is 17.3 Å². The molecule has 0 spiro atoms. The van der Waals surface area contributed by atoms with Gasteiger partial charge < -0.3 is 5.11 Å². The van der Waals surface area contributed by atoms with Gasteiger partial charge in [-0.2, -0.15) is 5.26 Å². The highest BCUT2D eigenvalue weighted by Gasteiger charge is 2.63. The molecule has 0 radical (unpaired) electrons. The van der Waals surface area contributed by atoms with Crippen molar-refractivity contribution in [2.24, 2.45) is 5.41 Å². The minimum atomic E-state index is -1.42. The number of carboxylic acid groups (broad SMARTS) is 1. The van der Waals surface area contributed by atoms with Crippen LogP contribution < -0.4 is 5.56 Å². The summed E-state index contributed by atoms with van der Waals surface area (Å²) in [6, 6.07) is 3.17. The summed E-state index contributed by atoms with van der Waals surface area (Å²) >= 11 is 6.90. The SMILES string of the molecule is N#CC1(C(=O)O)CC1c1csc2nc(CCl)cc(=O)n12. The second-order valence-corrected chi connectivity index (χ2v) is 5.75. The normalized spacial score (nSPS) is 24.5. The number of aromatic nitrogens is 2. The van der Waals surface area contributed by atoms with Gasteiger partial charge in [0, 0.05) is 23.1 Å². The monoisotopic (exact) mass is 309 g/mol. The van der Waals surface area contributed by atoms with Crippen LogP contribution in [0.1, 0.15) is 23.7 Å². The molecule has 8 heteroatoms. The second-order valence-electron chi connectivity index (χ2n) is 4.64. The van der Waals surface area contributed by atoms with E-state index in [4.69, 9.17) is 22.0 Å². The molecule has 2 atom stereocenters. The predicted octanol–water partition coefficient (Wildman–Crippen LogP) is 1.58. The van der Waals surface area contributed by atoms with Gasteiger partial charge in [-0.15, -0.1) is 22.9 Å². The molecule has 0 aliphatic heterocycles. The summed E-state index contributed by atoms with van der Waals surface area (Å²) in [5.41, 5.74) is -0.706. The molecule has 1 N–H and O–H groups in total.